The average molecular weight is 569 g/mol. The number of rotatable bonds is 22. The summed E-state index contributed by atoms with van der Waals surface area (Å²) in [5, 5.41) is 31.8. The van der Waals surface area contributed by atoms with Crippen LogP contribution in [0.25, 0.3) is 0 Å². The first-order chi connectivity index (χ1) is 18.9. The average Bonchev–Trinajstić information content (AvgIpc) is 3.82. The Bertz CT molecular complexity index is 625. The van der Waals surface area contributed by atoms with E-state index in [0.717, 1.165) is 13.0 Å². The van der Waals surface area contributed by atoms with Crippen LogP contribution < -0.4 is 0 Å². The third-order valence-corrected chi connectivity index (χ3v) is 9.51. The van der Waals surface area contributed by atoms with Gasteiger partial charge in [-0.2, -0.15) is 0 Å². The van der Waals surface area contributed by atoms with E-state index in [1.54, 1.807) is 11.8 Å². The van der Waals surface area contributed by atoms with E-state index in [-0.39, 0.29) is 4.75 Å². The SMILES string of the molecule is CCCCCCCCCCCCC12C=CC=CC1(O)S2.CCCCCCCCCCCCC1CO1.OB(O)O. The second kappa shape index (κ2) is 23.3. The van der Waals surface area contributed by atoms with Crippen molar-refractivity contribution in [1.82, 2.24) is 0 Å². The van der Waals surface area contributed by atoms with Crippen molar-refractivity contribution >= 4 is 19.1 Å². The third kappa shape index (κ3) is 19.4. The molecule has 0 saturated carbocycles. The number of hydrogen-bond acceptors (Lipinski definition) is 6. The Kier molecular flexibility index (Phi) is 21.9. The highest BCUT2D eigenvalue weighted by molar-refractivity contribution is 8.09. The predicted octanol–water partition coefficient (Wildman–Crippen LogP) is 8.24. The molecule has 228 valence electrons. The minimum Gasteiger partial charge on any atom is -0.402 e. The van der Waals surface area contributed by atoms with Gasteiger partial charge >= 0.3 is 7.32 Å². The Morgan fingerprint density at radius 3 is 1.46 bits per heavy atom. The molecule has 0 bridgehead atoms. The van der Waals surface area contributed by atoms with E-state index in [1.165, 1.54) is 135 Å². The number of hydrogen-bond donors (Lipinski definition) is 4. The maximum Gasteiger partial charge on any atom is 0.631 e. The molecule has 0 radical (unpaired) electrons. The highest BCUT2D eigenvalue weighted by Gasteiger charge is 2.65. The second-order valence-corrected chi connectivity index (χ2v) is 13.2. The molecule has 3 rings (SSSR count). The molecule has 0 aromatic heterocycles. The van der Waals surface area contributed by atoms with Crippen LogP contribution in [-0.2, 0) is 4.74 Å². The lowest BCUT2D eigenvalue weighted by atomic mass is 9.91. The van der Waals surface area contributed by atoms with E-state index >= 15 is 0 Å². The van der Waals surface area contributed by atoms with Crippen molar-refractivity contribution in [3.8, 4) is 0 Å². The molecule has 3 atom stereocenters. The smallest absolute Gasteiger partial charge is 0.402 e. The van der Waals surface area contributed by atoms with E-state index in [2.05, 4.69) is 26.0 Å². The van der Waals surface area contributed by atoms with Crippen LogP contribution in [0.1, 0.15) is 155 Å². The molecule has 2 saturated heterocycles. The summed E-state index contributed by atoms with van der Waals surface area (Å²) in [6.45, 7) is 5.59. The monoisotopic (exact) mass is 568 g/mol. The summed E-state index contributed by atoms with van der Waals surface area (Å²) >= 11 is 1.71. The number of fused-ring (bicyclic) bond motifs is 1. The molecule has 0 aromatic carbocycles. The van der Waals surface area contributed by atoms with Crippen LogP contribution in [0.5, 0.6) is 0 Å². The maximum atomic E-state index is 10.3. The van der Waals surface area contributed by atoms with Crippen LogP contribution >= 0.6 is 11.8 Å². The van der Waals surface area contributed by atoms with Crippen molar-refractivity contribution in [1.29, 1.82) is 0 Å². The first kappa shape index (κ1) is 36.7. The summed E-state index contributed by atoms with van der Waals surface area (Å²) in [6, 6.07) is 0. The second-order valence-electron chi connectivity index (χ2n) is 11.6. The maximum absolute atomic E-state index is 10.3. The zero-order chi connectivity index (χ0) is 28.7. The molecule has 0 amide bonds. The van der Waals surface area contributed by atoms with Crippen LogP contribution in [0.2, 0.25) is 0 Å². The summed E-state index contributed by atoms with van der Waals surface area (Å²) in [5.74, 6) is 0. The van der Waals surface area contributed by atoms with E-state index in [9.17, 15) is 5.11 Å². The Hall–Kier alpha value is -0.305. The lowest BCUT2D eigenvalue weighted by molar-refractivity contribution is 0.193. The molecule has 5 nitrogen and oxygen atoms in total. The summed E-state index contributed by atoms with van der Waals surface area (Å²) in [5.41, 5.74) is 0. The molecule has 2 heterocycles. The summed E-state index contributed by atoms with van der Waals surface area (Å²) in [6.07, 6.45) is 39.4. The van der Waals surface area contributed by atoms with Crippen molar-refractivity contribution in [2.75, 3.05) is 6.61 Å². The van der Waals surface area contributed by atoms with Crippen LogP contribution in [-0.4, -0.2) is 49.9 Å². The molecule has 0 spiro atoms. The standard InChI is InChI=1S/C18H30OS.C14H28O.BH3O3/c1-2-3-4-5-6-7-8-9-10-11-14-17-15-12-13-16-18(17,19)20-17;1-2-3-4-5-6-7-8-9-10-11-12-14-13-15-14;2-1(3)4/h12-13,15-16,19H,2-11,14H2,1H3;14H,2-13H2,1H3;2-4H. The molecule has 4 N–H and O–H groups in total. The number of epoxide rings is 1. The Balaban J connectivity index is 0.000000354. The molecule has 2 fully saturated rings. The largest absolute Gasteiger partial charge is 0.631 e. The Morgan fingerprint density at radius 1 is 0.667 bits per heavy atom. The van der Waals surface area contributed by atoms with Crippen molar-refractivity contribution in [3.05, 3.63) is 24.3 Å². The van der Waals surface area contributed by atoms with Gasteiger partial charge in [0.15, 0.2) is 0 Å². The number of allylic oxidation sites excluding steroid dienone is 2. The van der Waals surface area contributed by atoms with Crippen LogP contribution in [0, 0.1) is 0 Å². The summed E-state index contributed by atoms with van der Waals surface area (Å²) in [7, 11) is -2.17. The number of aliphatic hydroxyl groups is 1. The van der Waals surface area contributed by atoms with Gasteiger partial charge in [-0.3, -0.25) is 0 Å². The molecule has 2 aliphatic heterocycles. The van der Waals surface area contributed by atoms with Crippen LogP contribution in [0.3, 0.4) is 0 Å². The normalized spacial score (nSPS) is 23.8. The fourth-order valence-corrected chi connectivity index (χ4v) is 6.54. The van der Waals surface area contributed by atoms with E-state index < -0.39 is 12.3 Å². The van der Waals surface area contributed by atoms with Crippen molar-refractivity contribution in [2.45, 2.75) is 171 Å². The molecule has 3 aliphatic rings. The van der Waals surface area contributed by atoms with Gasteiger partial charge in [0.05, 0.1) is 17.5 Å². The predicted molar refractivity (Wildman–Crippen MR) is 169 cm³/mol. The highest BCUT2D eigenvalue weighted by Crippen LogP contribution is 2.67. The number of thioether (sulfide) groups is 1. The Labute approximate surface area is 245 Å². The fraction of sp³-hybridized carbons (Fsp3) is 0.875. The fourth-order valence-electron chi connectivity index (χ4n) is 5.26. The van der Waals surface area contributed by atoms with Gasteiger partial charge in [-0.05, 0) is 18.9 Å². The minimum absolute atomic E-state index is 0.0297. The van der Waals surface area contributed by atoms with Gasteiger partial charge in [0.2, 0.25) is 0 Å². The Morgan fingerprint density at radius 2 is 1.05 bits per heavy atom. The molecule has 1 aliphatic carbocycles. The van der Waals surface area contributed by atoms with Gasteiger partial charge in [-0.25, -0.2) is 0 Å². The van der Waals surface area contributed by atoms with Gasteiger partial charge in [0, 0.05) is 0 Å². The summed E-state index contributed by atoms with van der Waals surface area (Å²) in [4.78, 5) is -0.568. The van der Waals surface area contributed by atoms with Gasteiger partial charge in [-0.15, -0.1) is 11.8 Å². The molecule has 39 heavy (non-hydrogen) atoms. The van der Waals surface area contributed by atoms with E-state index in [0.29, 0.717) is 6.10 Å². The lowest BCUT2D eigenvalue weighted by Gasteiger charge is -2.15. The van der Waals surface area contributed by atoms with E-state index in [1.807, 2.05) is 12.2 Å². The zero-order valence-electron chi connectivity index (χ0n) is 25.3. The molecule has 7 heteroatoms. The number of ether oxygens (including phenoxy) is 1. The quantitative estimate of drug-likeness (QED) is 0.0597. The van der Waals surface area contributed by atoms with Gasteiger partial charge in [0.25, 0.3) is 0 Å². The van der Waals surface area contributed by atoms with Gasteiger partial charge in [0.1, 0.15) is 4.93 Å². The van der Waals surface area contributed by atoms with Crippen molar-refractivity contribution < 1.29 is 24.9 Å². The molecule has 3 unspecified atom stereocenters. The minimum atomic E-state index is -2.17. The highest BCUT2D eigenvalue weighted by atomic mass is 32.2. The molecular formula is C32H61BO5S. The zero-order valence-corrected chi connectivity index (χ0v) is 26.1. The third-order valence-electron chi connectivity index (χ3n) is 7.88. The molecular weight excluding hydrogens is 507 g/mol. The molecule has 0 aromatic rings. The van der Waals surface area contributed by atoms with Crippen molar-refractivity contribution in [3.63, 3.8) is 0 Å². The van der Waals surface area contributed by atoms with Crippen molar-refractivity contribution in [2.24, 2.45) is 0 Å². The van der Waals surface area contributed by atoms with E-state index in [4.69, 9.17) is 19.8 Å². The summed E-state index contributed by atoms with van der Waals surface area (Å²) < 4.78 is 5.22. The van der Waals surface area contributed by atoms with Gasteiger partial charge in [-0.1, -0.05) is 160 Å². The van der Waals surface area contributed by atoms with Gasteiger partial charge < -0.3 is 24.9 Å². The first-order valence-electron chi connectivity index (χ1n) is 16.3. The van der Waals surface area contributed by atoms with Crippen LogP contribution in [0.4, 0.5) is 0 Å². The van der Waals surface area contributed by atoms with Crippen LogP contribution in [0.15, 0.2) is 24.3 Å². The first-order valence-corrected chi connectivity index (χ1v) is 17.2. The number of unbranched alkanes of at least 4 members (excludes halogenated alkanes) is 18. The topological polar surface area (TPSA) is 93.5 Å². The lowest BCUT2D eigenvalue weighted by Crippen LogP contribution is -2.23.